The Morgan fingerprint density at radius 1 is 0.271 bits per heavy atom. The number of carbonyl (C=O) groups is 3. The van der Waals surface area contributed by atoms with E-state index in [1.165, 1.54) is 199 Å². The van der Waals surface area contributed by atoms with Gasteiger partial charge in [0.15, 0.2) is 6.10 Å². The van der Waals surface area contributed by atoms with Crippen LogP contribution in [0, 0.1) is 0 Å². The zero-order chi connectivity index (χ0) is 43.0. The minimum absolute atomic E-state index is 0.0642. The van der Waals surface area contributed by atoms with Gasteiger partial charge in [0.05, 0.1) is 0 Å². The lowest BCUT2D eigenvalue weighted by Crippen LogP contribution is -2.30. The Hall–Kier alpha value is -1.59. The van der Waals surface area contributed by atoms with Crippen LogP contribution in [0.2, 0.25) is 0 Å². The van der Waals surface area contributed by atoms with Gasteiger partial charge in [-0.1, -0.05) is 265 Å². The van der Waals surface area contributed by atoms with Crippen LogP contribution in [0.25, 0.3) is 0 Å². The van der Waals surface area contributed by atoms with E-state index in [2.05, 4.69) is 20.8 Å². The molecule has 0 heterocycles. The summed E-state index contributed by atoms with van der Waals surface area (Å²) in [5.74, 6) is -0.868. The van der Waals surface area contributed by atoms with Crippen molar-refractivity contribution in [3.05, 3.63) is 0 Å². The molecule has 6 nitrogen and oxygen atoms in total. The molecule has 0 aliphatic heterocycles. The van der Waals surface area contributed by atoms with Gasteiger partial charge in [-0.3, -0.25) is 14.4 Å². The summed E-state index contributed by atoms with van der Waals surface area (Å²) in [4.78, 5) is 37.4. The van der Waals surface area contributed by atoms with Gasteiger partial charge in [0.2, 0.25) is 0 Å². The topological polar surface area (TPSA) is 78.9 Å². The van der Waals surface area contributed by atoms with Gasteiger partial charge < -0.3 is 14.2 Å². The summed E-state index contributed by atoms with van der Waals surface area (Å²) in [6, 6.07) is 0. The number of hydrogen-bond donors (Lipinski definition) is 0. The van der Waals surface area contributed by atoms with Gasteiger partial charge in [-0.15, -0.1) is 0 Å². The quantitative estimate of drug-likeness (QED) is 0.0345. The molecule has 0 spiro atoms. The van der Waals surface area contributed by atoms with Crippen LogP contribution in [-0.4, -0.2) is 37.2 Å². The molecule has 6 heteroatoms. The van der Waals surface area contributed by atoms with Crippen LogP contribution in [0.3, 0.4) is 0 Å². The van der Waals surface area contributed by atoms with Crippen LogP contribution in [0.1, 0.15) is 303 Å². The van der Waals surface area contributed by atoms with Crippen molar-refractivity contribution in [2.24, 2.45) is 0 Å². The molecule has 0 aliphatic rings. The third-order valence-electron chi connectivity index (χ3n) is 12.1. The Morgan fingerprint density at radius 2 is 0.458 bits per heavy atom. The molecule has 0 aromatic rings. The molecule has 0 aliphatic carbocycles. The largest absolute Gasteiger partial charge is 0.462 e. The second-order valence-electron chi connectivity index (χ2n) is 18.2. The predicted octanol–water partition coefficient (Wildman–Crippen LogP) is 17.2. The van der Waals surface area contributed by atoms with E-state index >= 15 is 0 Å². The molecule has 0 rings (SSSR count). The molecule has 0 amide bonds. The summed E-state index contributed by atoms with van der Waals surface area (Å²) in [5, 5.41) is 0. The summed E-state index contributed by atoms with van der Waals surface area (Å²) in [6.07, 6.45) is 53.1. The zero-order valence-electron chi connectivity index (χ0n) is 40.1. The number of carbonyl (C=O) groups excluding carboxylic acids is 3. The number of esters is 3. The highest BCUT2D eigenvalue weighted by molar-refractivity contribution is 5.71. The average molecular weight is 835 g/mol. The Morgan fingerprint density at radius 3 is 0.678 bits per heavy atom. The number of rotatable bonds is 49. The second kappa shape index (κ2) is 49.1. The Labute approximate surface area is 368 Å². The minimum atomic E-state index is -0.756. The molecule has 350 valence electrons. The first-order valence-electron chi connectivity index (χ1n) is 26.5. The fourth-order valence-corrected chi connectivity index (χ4v) is 8.09. The van der Waals surface area contributed by atoms with Gasteiger partial charge in [-0.2, -0.15) is 0 Å². The maximum atomic E-state index is 12.6. The highest BCUT2D eigenvalue weighted by Gasteiger charge is 2.19. The first-order chi connectivity index (χ1) is 29.0. The van der Waals surface area contributed by atoms with E-state index in [0.29, 0.717) is 19.3 Å². The van der Waals surface area contributed by atoms with Crippen molar-refractivity contribution in [3.8, 4) is 0 Å². The summed E-state index contributed by atoms with van der Waals surface area (Å²) in [5.41, 5.74) is 0. The van der Waals surface area contributed by atoms with Crippen molar-refractivity contribution in [2.75, 3.05) is 13.2 Å². The highest BCUT2D eigenvalue weighted by Crippen LogP contribution is 2.17. The summed E-state index contributed by atoms with van der Waals surface area (Å²) >= 11 is 0. The Balaban J connectivity index is 3.82. The van der Waals surface area contributed by atoms with Crippen molar-refractivity contribution >= 4 is 17.9 Å². The number of hydrogen-bond acceptors (Lipinski definition) is 6. The van der Waals surface area contributed by atoms with Crippen LogP contribution in [0.4, 0.5) is 0 Å². The van der Waals surface area contributed by atoms with Crippen LogP contribution in [0.5, 0.6) is 0 Å². The van der Waals surface area contributed by atoms with Crippen LogP contribution in [-0.2, 0) is 28.6 Å². The minimum Gasteiger partial charge on any atom is -0.462 e. The average Bonchev–Trinajstić information content (AvgIpc) is 3.23. The van der Waals surface area contributed by atoms with Gasteiger partial charge in [0.25, 0.3) is 0 Å². The normalized spacial score (nSPS) is 11.8. The van der Waals surface area contributed by atoms with Gasteiger partial charge in [-0.25, -0.2) is 0 Å². The predicted molar refractivity (Wildman–Crippen MR) is 252 cm³/mol. The molecular formula is C53H102O6. The van der Waals surface area contributed by atoms with E-state index in [0.717, 1.165) is 64.2 Å². The van der Waals surface area contributed by atoms with Gasteiger partial charge in [0.1, 0.15) is 13.2 Å². The van der Waals surface area contributed by atoms with Crippen LogP contribution >= 0.6 is 0 Å². The fraction of sp³-hybridized carbons (Fsp3) is 0.943. The van der Waals surface area contributed by atoms with Crippen molar-refractivity contribution in [2.45, 2.75) is 309 Å². The molecule has 0 saturated heterocycles. The van der Waals surface area contributed by atoms with Crippen molar-refractivity contribution in [1.82, 2.24) is 0 Å². The van der Waals surface area contributed by atoms with E-state index in [1.807, 2.05) is 0 Å². The molecule has 0 saturated carbocycles. The second-order valence-corrected chi connectivity index (χ2v) is 18.2. The van der Waals surface area contributed by atoms with Gasteiger partial charge in [0, 0.05) is 19.3 Å². The van der Waals surface area contributed by atoms with E-state index < -0.39 is 6.10 Å². The van der Waals surface area contributed by atoms with Crippen molar-refractivity contribution < 1.29 is 28.6 Å². The monoisotopic (exact) mass is 835 g/mol. The highest BCUT2D eigenvalue weighted by atomic mass is 16.6. The van der Waals surface area contributed by atoms with E-state index in [1.54, 1.807) is 0 Å². The van der Waals surface area contributed by atoms with E-state index in [9.17, 15) is 14.4 Å². The molecule has 0 fully saturated rings. The summed E-state index contributed by atoms with van der Waals surface area (Å²) in [6.45, 7) is 6.56. The summed E-state index contributed by atoms with van der Waals surface area (Å²) in [7, 11) is 0. The van der Waals surface area contributed by atoms with Crippen molar-refractivity contribution in [1.29, 1.82) is 0 Å². The van der Waals surface area contributed by atoms with E-state index in [-0.39, 0.29) is 31.1 Å². The molecular weight excluding hydrogens is 733 g/mol. The van der Waals surface area contributed by atoms with Gasteiger partial charge in [-0.05, 0) is 19.3 Å². The molecule has 0 aromatic heterocycles. The zero-order valence-corrected chi connectivity index (χ0v) is 40.1. The first-order valence-corrected chi connectivity index (χ1v) is 26.5. The smallest absolute Gasteiger partial charge is 0.306 e. The van der Waals surface area contributed by atoms with Crippen LogP contribution in [0.15, 0.2) is 0 Å². The number of unbranched alkanes of at least 4 members (excludes halogenated alkanes) is 38. The molecule has 59 heavy (non-hydrogen) atoms. The molecule has 1 atom stereocenters. The lowest BCUT2D eigenvalue weighted by atomic mass is 10.0. The number of ether oxygens (including phenoxy) is 3. The molecule has 0 aromatic carbocycles. The first kappa shape index (κ1) is 57.4. The van der Waals surface area contributed by atoms with E-state index in [4.69, 9.17) is 14.2 Å². The SMILES string of the molecule is CCCCCCCCCCCCCCCCCCCCCCCCCCCCCCC(=O)OCC(COC(=O)CCCCCCC)OC(=O)CCCCCCCCCC. The van der Waals surface area contributed by atoms with Crippen molar-refractivity contribution in [3.63, 3.8) is 0 Å². The Bertz CT molecular complexity index is 874. The summed E-state index contributed by atoms with van der Waals surface area (Å²) < 4.78 is 16.6. The molecule has 0 radical (unpaired) electrons. The third kappa shape index (κ3) is 47.3. The van der Waals surface area contributed by atoms with Gasteiger partial charge >= 0.3 is 17.9 Å². The lowest BCUT2D eigenvalue weighted by molar-refractivity contribution is -0.167. The maximum Gasteiger partial charge on any atom is 0.306 e. The third-order valence-corrected chi connectivity index (χ3v) is 12.1. The molecule has 1 unspecified atom stereocenters. The Kier molecular flexibility index (Phi) is 47.7. The van der Waals surface area contributed by atoms with Crippen LogP contribution < -0.4 is 0 Å². The molecule has 0 bridgehead atoms. The lowest BCUT2D eigenvalue weighted by Gasteiger charge is -2.18. The standard InChI is InChI=1S/C53H102O6/c1-4-7-10-13-15-17-18-19-20-21-22-23-24-25-26-27-28-29-30-31-32-33-34-35-36-38-40-43-46-52(55)58-49-50(48-57-51(54)45-42-39-12-9-6-3)59-53(56)47-44-41-37-16-14-11-8-5-2/h50H,4-49H2,1-3H3. The maximum absolute atomic E-state index is 12.6. The fourth-order valence-electron chi connectivity index (χ4n) is 8.09. The molecule has 0 N–H and O–H groups in total.